The Morgan fingerprint density at radius 3 is 2.38 bits per heavy atom. The Morgan fingerprint density at radius 2 is 1.77 bits per heavy atom. The molecular weight excluding hydrogens is 336 g/mol. The molecule has 2 amide bonds. The molecule has 0 aliphatic carbocycles. The number of hydrogen-bond acceptors (Lipinski definition) is 5. The molecule has 3 rings (SSSR count). The first-order valence-corrected chi connectivity index (χ1v) is 8.21. The van der Waals surface area contributed by atoms with Crippen molar-refractivity contribution in [1.29, 1.82) is 0 Å². The summed E-state index contributed by atoms with van der Waals surface area (Å²) in [5.74, 6) is -0.140. The predicted molar refractivity (Wildman–Crippen MR) is 96.5 cm³/mol. The second-order valence-corrected chi connectivity index (χ2v) is 5.71. The topological polar surface area (TPSA) is 69.3 Å². The third-order valence-corrected chi connectivity index (χ3v) is 4.17. The summed E-state index contributed by atoms with van der Waals surface area (Å²) in [6.45, 7) is 0.787. The molecule has 7 heteroatoms. The van der Waals surface area contributed by atoms with Gasteiger partial charge in [0.2, 0.25) is 0 Å². The Kier molecular flexibility index (Phi) is 5.29. The molecule has 138 valence electrons. The third-order valence-electron chi connectivity index (χ3n) is 4.17. The summed E-state index contributed by atoms with van der Waals surface area (Å²) in [5.41, 5.74) is 1.31. The van der Waals surface area contributed by atoms with Crippen molar-refractivity contribution < 1.29 is 23.7 Å². The summed E-state index contributed by atoms with van der Waals surface area (Å²) in [6.07, 6.45) is 0. The minimum Gasteiger partial charge on any atom is -0.497 e. The van der Waals surface area contributed by atoms with Crippen molar-refractivity contribution in [3.63, 3.8) is 0 Å². The van der Waals surface area contributed by atoms with Crippen LogP contribution in [0.15, 0.2) is 48.5 Å². The molecule has 0 atom stereocenters. The molecule has 0 radical (unpaired) electrons. The standard InChI is InChI=1S/C19H22N2O5/c1-21(16-10-9-15(23-2)13-17(16)24-3)18(22)20-19(25-11-12-26-19)14-7-5-4-6-8-14/h4-10,13H,11-12H2,1-3H3,(H,20,22). The van der Waals surface area contributed by atoms with Gasteiger partial charge in [0.1, 0.15) is 11.5 Å². The molecule has 7 nitrogen and oxygen atoms in total. The number of nitrogens with one attached hydrogen (secondary N) is 1. The van der Waals surface area contributed by atoms with Crippen LogP contribution in [0.25, 0.3) is 0 Å². The maximum Gasteiger partial charge on any atom is 0.326 e. The van der Waals surface area contributed by atoms with Gasteiger partial charge in [0.05, 0.1) is 33.1 Å². The van der Waals surface area contributed by atoms with E-state index in [9.17, 15) is 4.79 Å². The van der Waals surface area contributed by atoms with Crippen LogP contribution < -0.4 is 19.7 Å². The highest BCUT2D eigenvalue weighted by molar-refractivity contribution is 5.93. The maximum atomic E-state index is 12.9. The molecule has 0 aromatic heterocycles. The highest BCUT2D eigenvalue weighted by atomic mass is 16.8. The van der Waals surface area contributed by atoms with E-state index in [1.807, 2.05) is 30.3 Å². The van der Waals surface area contributed by atoms with Crippen LogP contribution in [0.5, 0.6) is 11.5 Å². The molecular formula is C19H22N2O5. The van der Waals surface area contributed by atoms with Gasteiger partial charge < -0.3 is 18.9 Å². The SMILES string of the molecule is COc1ccc(N(C)C(=O)NC2(c3ccccc3)OCCO2)c(OC)c1. The van der Waals surface area contributed by atoms with E-state index in [2.05, 4.69) is 5.32 Å². The average molecular weight is 358 g/mol. The summed E-state index contributed by atoms with van der Waals surface area (Å²) < 4.78 is 22.1. The van der Waals surface area contributed by atoms with E-state index in [1.165, 1.54) is 4.90 Å². The van der Waals surface area contributed by atoms with Crippen LogP contribution in [0.3, 0.4) is 0 Å². The predicted octanol–water partition coefficient (Wildman–Crippen LogP) is 2.71. The number of ether oxygens (including phenoxy) is 4. The van der Waals surface area contributed by atoms with Gasteiger partial charge in [0, 0.05) is 18.7 Å². The zero-order chi connectivity index (χ0) is 18.6. The molecule has 1 heterocycles. The zero-order valence-corrected chi connectivity index (χ0v) is 15.0. The maximum absolute atomic E-state index is 12.9. The lowest BCUT2D eigenvalue weighted by Crippen LogP contribution is -2.51. The van der Waals surface area contributed by atoms with E-state index in [1.54, 1.807) is 39.5 Å². The number of anilines is 1. The van der Waals surface area contributed by atoms with Gasteiger partial charge >= 0.3 is 6.03 Å². The highest BCUT2D eigenvalue weighted by Crippen LogP contribution is 2.33. The van der Waals surface area contributed by atoms with Gasteiger partial charge in [-0.3, -0.25) is 10.2 Å². The fraction of sp³-hybridized carbons (Fsp3) is 0.316. The van der Waals surface area contributed by atoms with Crippen molar-refractivity contribution >= 4 is 11.7 Å². The molecule has 2 aromatic rings. The van der Waals surface area contributed by atoms with E-state index in [0.717, 1.165) is 5.56 Å². The molecule has 0 unspecified atom stereocenters. The minimum atomic E-state index is -1.30. The Hall–Kier alpha value is -2.77. The average Bonchev–Trinajstić information content (AvgIpc) is 3.17. The molecule has 2 aromatic carbocycles. The minimum absolute atomic E-state index is 0.390. The molecule has 0 saturated carbocycles. The van der Waals surface area contributed by atoms with Crippen LogP contribution in [-0.2, 0) is 15.4 Å². The molecule has 1 saturated heterocycles. The van der Waals surface area contributed by atoms with Crippen LogP contribution in [0.2, 0.25) is 0 Å². The number of benzene rings is 2. The second-order valence-electron chi connectivity index (χ2n) is 5.71. The van der Waals surface area contributed by atoms with Crippen molar-refractivity contribution in [2.24, 2.45) is 0 Å². The third kappa shape index (κ3) is 3.44. The van der Waals surface area contributed by atoms with Gasteiger partial charge in [0.25, 0.3) is 5.91 Å². The Morgan fingerprint density at radius 1 is 1.08 bits per heavy atom. The van der Waals surface area contributed by atoms with Crippen molar-refractivity contribution in [3.05, 3.63) is 54.1 Å². The second kappa shape index (κ2) is 7.63. The quantitative estimate of drug-likeness (QED) is 0.890. The lowest BCUT2D eigenvalue weighted by Gasteiger charge is -2.31. The van der Waals surface area contributed by atoms with E-state index in [4.69, 9.17) is 18.9 Å². The van der Waals surface area contributed by atoms with Crippen LogP contribution in [0.4, 0.5) is 10.5 Å². The summed E-state index contributed by atoms with van der Waals surface area (Å²) in [5, 5.41) is 2.84. The first-order valence-electron chi connectivity index (χ1n) is 8.21. The fourth-order valence-corrected chi connectivity index (χ4v) is 2.78. The van der Waals surface area contributed by atoms with Crippen molar-refractivity contribution in [2.75, 3.05) is 39.4 Å². The van der Waals surface area contributed by atoms with E-state index in [-0.39, 0.29) is 6.03 Å². The van der Waals surface area contributed by atoms with Gasteiger partial charge in [-0.15, -0.1) is 0 Å². The van der Waals surface area contributed by atoms with Gasteiger partial charge in [-0.1, -0.05) is 30.3 Å². The van der Waals surface area contributed by atoms with E-state index in [0.29, 0.717) is 30.4 Å². The summed E-state index contributed by atoms with van der Waals surface area (Å²) >= 11 is 0. The first kappa shape index (κ1) is 18.0. The molecule has 1 aliphatic rings. The van der Waals surface area contributed by atoms with Crippen LogP contribution in [-0.4, -0.2) is 40.5 Å². The molecule has 0 bridgehead atoms. The fourth-order valence-electron chi connectivity index (χ4n) is 2.78. The normalized spacial score (nSPS) is 15.3. The molecule has 1 fully saturated rings. The van der Waals surface area contributed by atoms with Gasteiger partial charge in [0.15, 0.2) is 0 Å². The van der Waals surface area contributed by atoms with Crippen molar-refractivity contribution in [3.8, 4) is 11.5 Å². The number of methoxy groups -OCH3 is 2. The molecule has 26 heavy (non-hydrogen) atoms. The number of carbonyl (C=O) groups excluding carboxylic acids is 1. The Bertz CT molecular complexity index is 760. The number of hydrogen-bond donors (Lipinski definition) is 1. The zero-order valence-electron chi connectivity index (χ0n) is 15.0. The highest BCUT2D eigenvalue weighted by Gasteiger charge is 2.41. The largest absolute Gasteiger partial charge is 0.497 e. The number of carbonyl (C=O) groups is 1. The van der Waals surface area contributed by atoms with Crippen molar-refractivity contribution in [1.82, 2.24) is 5.32 Å². The summed E-state index contributed by atoms with van der Waals surface area (Å²) in [6, 6.07) is 14.2. The number of nitrogens with zero attached hydrogens (tertiary/aromatic N) is 1. The van der Waals surface area contributed by atoms with Crippen molar-refractivity contribution in [2.45, 2.75) is 5.91 Å². The smallest absolute Gasteiger partial charge is 0.326 e. The van der Waals surface area contributed by atoms with Gasteiger partial charge in [-0.2, -0.15) is 0 Å². The monoisotopic (exact) mass is 358 g/mol. The molecule has 0 spiro atoms. The lowest BCUT2D eigenvalue weighted by molar-refractivity contribution is -0.180. The number of rotatable bonds is 5. The van der Waals surface area contributed by atoms with Crippen LogP contribution >= 0.6 is 0 Å². The van der Waals surface area contributed by atoms with Gasteiger partial charge in [-0.25, -0.2) is 4.79 Å². The van der Waals surface area contributed by atoms with Gasteiger partial charge in [-0.05, 0) is 12.1 Å². The lowest BCUT2D eigenvalue weighted by atomic mass is 10.1. The Labute approximate surface area is 152 Å². The Balaban J connectivity index is 1.84. The summed E-state index contributed by atoms with van der Waals surface area (Å²) in [7, 11) is 4.76. The summed E-state index contributed by atoms with van der Waals surface area (Å²) in [4.78, 5) is 14.3. The van der Waals surface area contributed by atoms with E-state index < -0.39 is 5.91 Å². The van der Waals surface area contributed by atoms with Crippen LogP contribution in [0.1, 0.15) is 5.56 Å². The molecule has 1 N–H and O–H groups in total. The molecule has 1 aliphatic heterocycles. The van der Waals surface area contributed by atoms with E-state index >= 15 is 0 Å². The number of urea groups is 1. The first-order chi connectivity index (χ1) is 12.6. The number of amides is 2. The van der Waals surface area contributed by atoms with Crippen LogP contribution in [0, 0.1) is 0 Å².